The van der Waals surface area contributed by atoms with Gasteiger partial charge in [-0.15, -0.1) is 0 Å². The molecule has 0 aliphatic carbocycles. The van der Waals surface area contributed by atoms with Gasteiger partial charge in [-0.2, -0.15) is 0 Å². The van der Waals surface area contributed by atoms with Gasteiger partial charge < -0.3 is 24.4 Å². The Hall–Kier alpha value is -1.93. The Morgan fingerprint density at radius 3 is 2.15 bits per heavy atom. The van der Waals surface area contributed by atoms with Crippen LogP contribution in [0.15, 0.2) is 12.7 Å². The summed E-state index contributed by atoms with van der Waals surface area (Å²) in [6, 6.07) is 0. The van der Waals surface area contributed by atoms with Crippen LogP contribution in [0.2, 0.25) is 0 Å². The Bertz CT molecular complexity index is 338. The van der Waals surface area contributed by atoms with Crippen molar-refractivity contribution in [3.05, 3.63) is 12.7 Å². The lowest BCUT2D eigenvalue weighted by Gasteiger charge is -2.08. The second-order valence-corrected chi connectivity index (χ2v) is 3.61. The van der Waals surface area contributed by atoms with Crippen molar-refractivity contribution in [3.8, 4) is 0 Å². The van der Waals surface area contributed by atoms with Crippen LogP contribution in [0, 0.1) is 0 Å². The van der Waals surface area contributed by atoms with Gasteiger partial charge in [0.25, 0.3) is 0 Å². The third kappa shape index (κ3) is 10.0. The molecule has 20 heavy (non-hydrogen) atoms. The quantitative estimate of drug-likeness (QED) is 0.297. The monoisotopic (exact) mass is 290 g/mol. The number of carbonyl (C=O) groups excluding carboxylic acids is 3. The maximum atomic E-state index is 11.1. The van der Waals surface area contributed by atoms with Gasteiger partial charge in [0.2, 0.25) is 0 Å². The van der Waals surface area contributed by atoms with Crippen LogP contribution in [0.1, 0.15) is 12.8 Å². The average molecular weight is 290 g/mol. The molecule has 8 heteroatoms. The van der Waals surface area contributed by atoms with Crippen LogP contribution in [0.25, 0.3) is 0 Å². The summed E-state index contributed by atoms with van der Waals surface area (Å²) < 4.78 is 13.8. The normalized spacial score (nSPS) is 11.3. The highest BCUT2D eigenvalue weighted by molar-refractivity contribution is 5.81. The fourth-order valence-electron chi connectivity index (χ4n) is 0.928. The summed E-state index contributed by atoms with van der Waals surface area (Å²) in [6.07, 6.45) is -0.447. The van der Waals surface area contributed by atoms with Gasteiger partial charge in [-0.25, -0.2) is 4.79 Å². The summed E-state index contributed by atoms with van der Waals surface area (Å²) in [5.74, 6) is -1.92. The van der Waals surface area contributed by atoms with Crippen molar-refractivity contribution < 1.29 is 38.8 Å². The second-order valence-electron chi connectivity index (χ2n) is 3.61. The number of esters is 3. The molecule has 1 unspecified atom stereocenters. The molecule has 0 aliphatic heterocycles. The van der Waals surface area contributed by atoms with Gasteiger partial charge in [0, 0.05) is 6.08 Å². The predicted molar refractivity (Wildman–Crippen MR) is 65.4 cm³/mol. The molecule has 0 aromatic heterocycles. The summed E-state index contributed by atoms with van der Waals surface area (Å²) >= 11 is 0. The minimum atomic E-state index is -1.12. The minimum Gasteiger partial charge on any atom is -0.465 e. The van der Waals surface area contributed by atoms with E-state index in [-0.39, 0.29) is 32.7 Å². The van der Waals surface area contributed by atoms with Crippen LogP contribution in [0.3, 0.4) is 0 Å². The molecule has 0 saturated carbocycles. The first-order chi connectivity index (χ1) is 9.49. The van der Waals surface area contributed by atoms with Gasteiger partial charge in [-0.3, -0.25) is 9.59 Å². The lowest BCUT2D eigenvalue weighted by Crippen LogP contribution is -2.22. The molecule has 0 heterocycles. The molecule has 0 aliphatic rings. The summed E-state index contributed by atoms with van der Waals surface area (Å²) in [7, 11) is 0. The molecule has 0 spiro atoms. The van der Waals surface area contributed by atoms with Crippen molar-refractivity contribution in [2.75, 3.05) is 26.4 Å². The minimum absolute atomic E-state index is 0.127. The van der Waals surface area contributed by atoms with E-state index < -0.39 is 30.6 Å². The molecule has 0 aromatic rings. The molecule has 0 saturated heterocycles. The first kappa shape index (κ1) is 18.1. The number of aliphatic hydroxyl groups excluding tert-OH is 2. The topological polar surface area (TPSA) is 119 Å². The molecule has 2 N–H and O–H groups in total. The van der Waals surface area contributed by atoms with Crippen LogP contribution < -0.4 is 0 Å². The van der Waals surface area contributed by atoms with E-state index in [9.17, 15) is 14.4 Å². The Morgan fingerprint density at radius 1 is 1.05 bits per heavy atom. The fraction of sp³-hybridized carbons (Fsp3) is 0.583. The van der Waals surface area contributed by atoms with E-state index in [1.54, 1.807) is 0 Å². The average Bonchev–Trinajstić information content (AvgIpc) is 2.44. The zero-order chi connectivity index (χ0) is 15.4. The van der Waals surface area contributed by atoms with Gasteiger partial charge in [0.1, 0.15) is 25.9 Å². The summed E-state index contributed by atoms with van der Waals surface area (Å²) in [5.41, 5.74) is 0. The van der Waals surface area contributed by atoms with Gasteiger partial charge >= 0.3 is 17.9 Å². The zero-order valence-electron chi connectivity index (χ0n) is 10.9. The Balaban J connectivity index is 3.58. The molecular formula is C12H18O8. The Labute approximate surface area is 115 Å². The number of hydrogen-bond donors (Lipinski definition) is 2. The van der Waals surface area contributed by atoms with Crippen molar-refractivity contribution in [2.24, 2.45) is 0 Å². The van der Waals surface area contributed by atoms with Gasteiger partial charge in [-0.05, 0) is 0 Å². The van der Waals surface area contributed by atoms with Crippen LogP contribution >= 0.6 is 0 Å². The molecule has 1 atom stereocenters. The van der Waals surface area contributed by atoms with Crippen LogP contribution in [0.4, 0.5) is 0 Å². The molecule has 8 nitrogen and oxygen atoms in total. The lowest BCUT2D eigenvalue weighted by molar-refractivity contribution is -0.152. The molecule has 0 aromatic carbocycles. The van der Waals surface area contributed by atoms with Crippen LogP contribution in [-0.4, -0.2) is 60.7 Å². The number of aliphatic hydroxyl groups is 2. The first-order valence-corrected chi connectivity index (χ1v) is 5.89. The van der Waals surface area contributed by atoms with E-state index in [4.69, 9.17) is 14.9 Å². The number of hydrogen-bond acceptors (Lipinski definition) is 8. The molecule has 0 amide bonds. The van der Waals surface area contributed by atoms with E-state index in [1.807, 2.05) is 0 Å². The van der Waals surface area contributed by atoms with Crippen molar-refractivity contribution in [1.82, 2.24) is 0 Å². The molecule has 0 rings (SSSR count). The maximum absolute atomic E-state index is 11.1. The molecular weight excluding hydrogens is 272 g/mol. The van der Waals surface area contributed by atoms with E-state index in [0.717, 1.165) is 6.08 Å². The highest BCUT2D eigenvalue weighted by Crippen LogP contribution is 1.94. The Kier molecular flexibility index (Phi) is 9.89. The molecule has 0 fully saturated rings. The molecule has 0 radical (unpaired) electrons. The standard InChI is InChI=1S/C12H18O8/c1-2-10(15)18-5-3-11(16)19-6-4-12(17)20-8-9(14)7-13/h2,9,13-14H,1,3-8H2. The third-order valence-corrected chi connectivity index (χ3v) is 1.93. The first-order valence-electron chi connectivity index (χ1n) is 5.89. The lowest BCUT2D eigenvalue weighted by atomic mass is 10.4. The molecule has 0 bridgehead atoms. The van der Waals surface area contributed by atoms with Gasteiger partial charge in [0.15, 0.2) is 0 Å². The zero-order valence-corrected chi connectivity index (χ0v) is 10.9. The van der Waals surface area contributed by atoms with E-state index in [1.165, 1.54) is 0 Å². The highest BCUT2D eigenvalue weighted by atomic mass is 16.6. The number of carbonyl (C=O) groups is 3. The van der Waals surface area contributed by atoms with E-state index in [0.29, 0.717) is 0 Å². The number of ether oxygens (including phenoxy) is 3. The largest absolute Gasteiger partial charge is 0.465 e. The highest BCUT2D eigenvalue weighted by Gasteiger charge is 2.10. The third-order valence-electron chi connectivity index (χ3n) is 1.93. The fourth-order valence-corrected chi connectivity index (χ4v) is 0.928. The van der Waals surface area contributed by atoms with Gasteiger partial charge in [-0.1, -0.05) is 6.58 Å². The summed E-state index contributed by atoms with van der Waals surface area (Å²) in [5, 5.41) is 17.4. The van der Waals surface area contributed by atoms with Crippen molar-refractivity contribution in [1.29, 1.82) is 0 Å². The van der Waals surface area contributed by atoms with E-state index >= 15 is 0 Å². The number of rotatable bonds is 10. The van der Waals surface area contributed by atoms with Crippen LogP contribution in [-0.2, 0) is 28.6 Å². The second kappa shape index (κ2) is 10.9. The summed E-state index contributed by atoms with van der Waals surface area (Å²) in [6.45, 7) is 2.05. The Morgan fingerprint density at radius 2 is 1.60 bits per heavy atom. The van der Waals surface area contributed by atoms with Crippen molar-refractivity contribution in [2.45, 2.75) is 18.9 Å². The van der Waals surface area contributed by atoms with E-state index in [2.05, 4.69) is 16.1 Å². The predicted octanol–water partition coefficient (Wildman–Crippen LogP) is -1.06. The van der Waals surface area contributed by atoms with Crippen LogP contribution in [0.5, 0.6) is 0 Å². The SMILES string of the molecule is C=CC(=O)OCCC(=O)OCCC(=O)OCC(O)CO. The van der Waals surface area contributed by atoms with Crippen molar-refractivity contribution >= 4 is 17.9 Å². The molecule has 114 valence electrons. The maximum Gasteiger partial charge on any atom is 0.330 e. The smallest absolute Gasteiger partial charge is 0.330 e. The van der Waals surface area contributed by atoms with Crippen molar-refractivity contribution in [3.63, 3.8) is 0 Å². The summed E-state index contributed by atoms with van der Waals surface area (Å²) in [4.78, 5) is 32.9. The van der Waals surface area contributed by atoms with Gasteiger partial charge in [0.05, 0.1) is 19.4 Å².